The van der Waals surface area contributed by atoms with Crippen LogP contribution in [0.5, 0.6) is 0 Å². The van der Waals surface area contributed by atoms with E-state index in [0.29, 0.717) is 44.8 Å². The number of hydrogen-bond donors (Lipinski definition) is 4. The number of likely N-dealkylation sites (tertiary alicyclic amines) is 1. The van der Waals surface area contributed by atoms with Gasteiger partial charge in [-0.15, -0.1) is 0 Å². The van der Waals surface area contributed by atoms with Gasteiger partial charge in [0.25, 0.3) is 0 Å². The number of urea groups is 1. The Kier molecular flexibility index (Phi) is 11.1. The summed E-state index contributed by atoms with van der Waals surface area (Å²) in [4.78, 5) is 26.3. The predicted octanol–water partition coefficient (Wildman–Crippen LogP) is 4.05. The molecular formula is C28H44F2N4O3. The highest BCUT2D eigenvalue weighted by Crippen LogP contribution is 2.41. The lowest BCUT2D eigenvalue weighted by Crippen LogP contribution is -2.54. The third-order valence-corrected chi connectivity index (χ3v) is 8.03. The molecule has 3 rings (SSSR count). The van der Waals surface area contributed by atoms with Crippen LogP contribution in [0.15, 0.2) is 18.2 Å². The van der Waals surface area contributed by atoms with Crippen LogP contribution in [0.3, 0.4) is 0 Å². The zero-order valence-corrected chi connectivity index (χ0v) is 22.3. The summed E-state index contributed by atoms with van der Waals surface area (Å²) in [5, 5.41) is 20.9. The van der Waals surface area contributed by atoms with Crippen molar-refractivity contribution in [2.75, 3.05) is 33.2 Å². The second-order valence-corrected chi connectivity index (χ2v) is 10.8. The molecule has 1 aliphatic heterocycles. The Morgan fingerprint density at radius 2 is 1.92 bits per heavy atom. The molecule has 37 heavy (non-hydrogen) atoms. The Morgan fingerprint density at radius 1 is 1.16 bits per heavy atom. The van der Waals surface area contributed by atoms with Gasteiger partial charge in [0, 0.05) is 50.6 Å². The van der Waals surface area contributed by atoms with Crippen molar-refractivity contribution in [1.29, 1.82) is 0 Å². The number of aliphatic hydroxyl groups is 1. The van der Waals surface area contributed by atoms with Gasteiger partial charge in [-0.05, 0) is 51.1 Å². The van der Waals surface area contributed by atoms with Crippen molar-refractivity contribution < 1.29 is 23.5 Å². The molecule has 1 heterocycles. The molecule has 0 spiro atoms. The molecule has 2 aliphatic rings. The van der Waals surface area contributed by atoms with Gasteiger partial charge in [0.1, 0.15) is 0 Å². The van der Waals surface area contributed by atoms with Crippen LogP contribution in [0.2, 0.25) is 0 Å². The summed E-state index contributed by atoms with van der Waals surface area (Å²) in [7, 11) is 1.88. The minimum Gasteiger partial charge on any atom is -0.385 e. The predicted molar refractivity (Wildman–Crippen MR) is 140 cm³/mol. The number of rotatable bonds is 11. The molecule has 1 saturated carbocycles. The maximum Gasteiger partial charge on any atom is 0.317 e. The minimum atomic E-state index is -1.67. The molecule has 3 atom stereocenters. The first-order chi connectivity index (χ1) is 17.7. The number of likely N-dealkylation sites (N-methyl/N-ethyl adjacent to an activating group) is 1. The van der Waals surface area contributed by atoms with Crippen LogP contribution in [0.4, 0.5) is 13.6 Å². The molecule has 0 radical (unpaired) electrons. The fourth-order valence-electron chi connectivity index (χ4n) is 6.10. The van der Waals surface area contributed by atoms with Gasteiger partial charge in [-0.2, -0.15) is 0 Å². The number of carbonyl (C=O) groups excluding carboxylic acids is 2. The summed E-state index contributed by atoms with van der Waals surface area (Å²) in [6, 6.07) is 3.68. The normalized spacial score (nSPS) is 21.2. The molecule has 3 amide bonds. The fourth-order valence-corrected chi connectivity index (χ4v) is 6.10. The largest absolute Gasteiger partial charge is 0.385 e. The molecule has 7 nitrogen and oxygen atoms in total. The van der Waals surface area contributed by atoms with Gasteiger partial charge in [-0.25, -0.2) is 13.6 Å². The summed E-state index contributed by atoms with van der Waals surface area (Å²) in [5.41, 5.74) is -1.76. The van der Waals surface area contributed by atoms with Gasteiger partial charge < -0.3 is 26.0 Å². The SMILES string of the molecule is CNCC(CC1CCCCC1)NC(=O)N1CCC[C@@H]([C@@](O)(CCCNC(C)=O)c2cccc(F)c2F)C1. The van der Waals surface area contributed by atoms with E-state index >= 15 is 0 Å². The maximum absolute atomic E-state index is 14.9. The molecule has 9 heteroatoms. The van der Waals surface area contributed by atoms with Gasteiger partial charge in [0.2, 0.25) is 5.91 Å². The van der Waals surface area contributed by atoms with Crippen molar-refractivity contribution in [2.45, 2.75) is 82.8 Å². The highest BCUT2D eigenvalue weighted by molar-refractivity contribution is 5.74. The topological polar surface area (TPSA) is 93.7 Å². The molecule has 1 saturated heterocycles. The molecular weight excluding hydrogens is 478 g/mol. The quantitative estimate of drug-likeness (QED) is 0.330. The summed E-state index contributed by atoms with van der Waals surface area (Å²) >= 11 is 0. The number of halogens is 2. The fraction of sp³-hybridized carbons (Fsp3) is 0.714. The van der Waals surface area contributed by atoms with Crippen molar-refractivity contribution in [3.8, 4) is 0 Å². The second kappa shape index (κ2) is 14.0. The van der Waals surface area contributed by atoms with Gasteiger partial charge in [0.15, 0.2) is 11.6 Å². The van der Waals surface area contributed by atoms with Gasteiger partial charge in [-0.1, -0.05) is 44.2 Å². The Morgan fingerprint density at radius 3 is 2.62 bits per heavy atom. The third-order valence-electron chi connectivity index (χ3n) is 8.03. The van der Waals surface area contributed by atoms with E-state index in [-0.39, 0.29) is 36.5 Å². The number of nitrogens with one attached hydrogen (secondary N) is 3. The van der Waals surface area contributed by atoms with Crippen LogP contribution in [0, 0.1) is 23.5 Å². The first kappa shape index (κ1) is 29.3. The Balaban J connectivity index is 1.72. The van der Waals surface area contributed by atoms with Crippen molar-refractivity contribution in [3.63, 3.8) is 0 Å². The molecule has 2 fully saturated rings. The second-order valence-electron chi connectivity index (χ2n) is 10.8. The Labute approximate surface area is 219 Å². The van der Waals surface area contributed by atoms with E-state index < -0.39 is 23.2 Å². The van der Waals surface area contributed by atoms with Gasteiger partial charge in [0.05, 0.1) is 5.60 Å². The lowest BCUT2D eigenvalue weighted by molar-refractivity contribution is -0.119. The summed E-state index contributed by atoms with van der Waals surface area (Å²) in [6.07, 6.45) is 8.88. The van der Waals surface area contributed by atoms with Crippen LogP contribution in [-0.4, -0.2) is 61.2 Å². The summed E-state index contributed by atoms with van der Waals surface area (Å²) < 4.78 is 29.1. The van der Waals surface area contributed by atoms with Crippen molar-refractivity contribution in [2.24, 2.45) is 11.8 Å². The van der Waals surface area contributed by atoms with Crippen LogP contribution >= 0.6 is 0 Å². The van der Waals surface area contributed by atoms with E-state index in [1.54, 1.807) is 4.90 Å². The van der Waals surface area contributed by atoms with Crippen LogP contribution in [0.1, 0.15) is 76.7 Å². The van der Waals surface area contributed by atoms with Crippen molar-refractivity contribution >= 4 is 11.9 Å². The van der Waals surface area contributed by atoms with Crippen LogP contribution in [0.25, 0.3) is 0 Å². The minimum absolute atomic E-state index is 0.0122. The molecule has 1 unspecified atom stereocenters. The molecule has 4 N–H and O–H groups in total. The first-order valence-corrected chi connectivity index (χ1v) is 13.9. The highest BCUT2D eigenvalue weighted by atomic mass is 19.2. The number of amides is 3. The average molecular weight is 523 g/mol. The summed E-state index contributed by atoms with van der Waals surface area (Å²) in [5.74, 6) is -2.12. The summed E-state index contributed by atoms with van der Waals surface area (Å²) in [6.45, 7) is 3.20. The lowest BCUT2D eigenvalue weighted by atomic mass is 9.74. The zero-order valence-electron chi connectivity index (χ0n) is 22.3. The Hall–Kier alpha value is -2.26. The third kappa shape index (κ3) is 8.11. The molecule has 1 aromatic carbocycles. The monoisotopic (exact) mass is 522 g/mol. The van der Waals surface area contributed by atoms with Gasteiger partial charge in [-0.3, -0.25) is 4.79 Å². The lowest BCUT2D eigenvalue weighted by Gasteiger charge is -2.43. The number of nitrogens with zero attached hydrogens (tertiary/aromatic N) is 1. The number of carbonyl (C=O) groups is 2. The molecule has 1 aliphatic carbocycles. The van der Waals surface area contributed by atoms with Crippen LogP contribution in [-0.2, 0) is 10.4 Å². The van der Waals surface area contributed by atoms with Crippen LogP contribution < -0.4 is 16.0 Å². The standard InChI is InChI=1S/C28H44F2N4O3/c1-20(35)32-15-8-14-28(37,24-12-6-13-25(29)26(24)30)22-11-7-16-34(19-22)27(36)33-23(18-31-2)17-21-9-4-3-5-10-21/h6,12-13,21-23,31,37H,3-5,7-11,14-19H2,1-2H3,(H,32,35)(H,33,36)/t22-,23?,28+/m1/s1. The molecule has 1 aromatic rings. The van der Waals surface area contributed by atoms with E-state index in [9.17, 15) is 23.5 Å². The maximum atomic E-state index is 14.9. The van der Waals surface area contributed by atoms with E-state index in [0.717, 1.165) is 12.5 Å². The average Bonchev–Trinajstić information content (AvgIpc) is 2.89. The highest BCUT2D eigenvalue weighted by Gasteiger charge is 2.43. The molecule has 0 aromatic heterocycles. The molecule has 0 bridgehead atoms. The first-order valence-electron chi connectivity index (χ1n) is 13.9. The number of benzene rings is 1. The van der Waals surface area contributed by atoms with E-state index in [2.05, 4.69) is 16.0 Å². The van der Waals surface area contributed by atoms with Crippen molar-refractivity contribution in [1.82, 2.24) is 20.9 Å². The number of piperidine rings is 1. The number of hydrogen-bond acceptors (Lipinski definition) is 4. The molecule has 208 valence electrons. The van der Waals surface area contributed by atoms with E-state index in [1.807, 2.05) is 7.05 Å². The zero-order chi connectivity index (χ0) is 26.8. The van der Waals surface area contributed by atoms with E-state index in [1.165, 1.54) is 51.2 Å². The van der Waals surface area contributed by atoms with Crippen molar-refractivity contribution in [3.05, 3.63) is 35.4 Å². The van der Waals surface area contributed by atoms with Gasteiger partial charge >= 0.3 is 6.03 Å². The van der Waals surface area contributed by atoms with E-state index in [4.69, 9.17) is 0 Å². The smallest absolute Gasteiger partial charge is 0.317 e. The Bertz CT molecular complexity index is 896.